The number of likely N-dealkylation sites (tertiary alicyclic amines) is 1. The zero-order chi connectivity index (χ0) is 22.8. The lowest BCUT2D eigenvalue weighted by molar-refractivity contribution is -0.139. The number of piperidine rings is 1. The van der Waals surface area contributed by atoms with E-state index in [1.165, 1.54) is 22.6 Å². The fourth-order valence-electron chi connectivity index (χ4n) is 5.20. The maximum atomic E-state index is 13.6. The van der Waals surface area contributed by atoms with Crippen molar-refractivity contribution in [3.63, 3.8) is 0 Å². The van der Waals surface area contributed by atoms with Gasteiger partial charge in [-0.05, 0) is 61.3 Å². The predicted octanol–water partition coefficient (Wildman–Crippen LogP) is 4.04. The van der Waals surface area contributed by atoms with Crippen molar-refractivity contribution in [2.45, 2.75) is 38.2 Å². The summed E-state index contributed by atoms with van der Waals surface area (Å²) >= 11 is 0. The molecule has 0 spiro atoms. The van der Waals surface area contributed by atoms with Gasteiger partial charge in [0, 0.05) is 19.7 Å². The van der Waals surface area contributed by atoms with Gasteiger partial charge in [-0.1, -0.05) is 42.5 Å². The van der Waals surface area contributed by atoms with Crippen molar-refractivity contribution in [1.29, 1.82) is 0 Å². The zero-order valence-corrected chi connectivity index (χ0v) is 18.7. The lowest BCUT2D eigenvalue weighted by atomic mass is 9.89. The minimum atomic E-state index is -0.365. The highest BCUT2D eigenvalue weighted by molar-refractivity contribution is 6.35. The molecule has 5 rings (SSSR count). The number of benzene rings is 2. The number of carbonyl (C=O) groups is 2. The normalized spacial score (nSPS) is 22.0. The molecule has 0 saturated carbocycles. The average molecular weight is 449 g/mol. The number of nitrogens with zero attached hydrogens (tertiary/aromatic N) is 2. The molecule has 33 heavy (non-hydrogen) atoms. The Bertz CT molecular complexity index is 1040. The van der Waals surface area contributed by atoms with Crippen LogP contribution in [0.4, 0.5) is 4.39 Å². The van der Waals surface area contributed by atoms with Crippen LogP contribution in [0.2, 0.25) is 0 Å². The summed E-state index contributed by atoms with van der Waals surface area (Å²) in [6, 6.07) is 16.3. The molecule has 0 aromatic heterocycles. The highest BCUT2D eigenvalue weighted by Gasteiger charge is 2.43. The van der Waals surface area contributed by atoms with Crippen LogP contribution in [-0.4, -0.2) is 54.0 Å². The number of hydrogen-bond donors (Lipinski definition) is 0. The first kappa shape index (κ1) is 21.8. The molecule has 0 N–H and O–H groups in total. The second-order valence-corrected chi connectivity index (χ2v) is 9.21. The minimum absolute atomic E-state index is 0.108. The van der Waals surface area contributed by atoms with E-state index in [0.29, 0.717) is 29.4 Å². The van der Waals surface area contributed by atoms with E-state index in [9.17, 15) is 14.0 Å². The van der Waals surface area contributed by atoms with Crippen molar-refractivity contribution in [2.75, 3.05) is 26.2 Å². The predicted molar refractivity (Wildman–Crippen MR) is 123 cm³/mol. The van der Waals surface area contributed by atoms with E-state index in [-0.39, 0.29) is 30.3 Å². The van der Waals surface area contributed by atoms with E-state index < -0.39 is 0 Å². The maximum Gasteiger partial charge on any atom is 0.277 e. The molecule has 2 aromatic rings. The molecule has 3 aliphatic heterocycles. The lowest BCUT2D eigenvalue weighted by Gasteiger charge is -2.34. The standard InChI is InChI=1S/C27H29FN2O3/c28-22-10-8-21(9-11-22)24-25(27(32)30(26(24)31)18-23-7-4-16-33-23)29-14-12-20(13-15-29)17-19-5-2-1-3-6-19/h1-3,5-6,8-11,20,23H,4,7,12-18H2. The van der Waals surface area contributed by atoms with Crippen molar-refractivity contribution >= 4 is 17.4 Å². The monoisotopic (exact) mass is 448 g/mol. The fraction of sp³-hybridized carbons (Fsp3) is 0.407. The summed E-state index contributed by atoms with van der Waals surface area (Å²) in [5.74, 6) is -0.371. The molecule has 2 amide bonds. The van der Waals surface area contributed by atoms with Gasteiger partial charge in [-0.25, -0.2) is 4.39 Å². The average Bonchev–Trinajstić information content (AvgIpc) is 3.43. The number of halogens is 1. The number of imide groups is 1. The molecule has 0 bridgehead atoms. The Morgan fingerprint density at radius 1 is 0.909 bits per heavy atom. The van der Waals surface area contributed by atoms with Crippen molar-refractivity contribution < 1.29 is 18.7 Å². The van der Waals surface area contributed by atoms with Crippen LogP contribution in [0.25, 0.3) is 5.57 Å². The summed E-state index contributed by atoms with van der Waals surface area (Å²) < 4.78 is 19.3. The van der Waals surface area contributed by atoms with Crippen molar-refractivity contribution in [3.8, 4) is 0 Å². The van der Waals surface area contributed by atoms with Crippen LogP contribution >= 0.6 is 0 Å². The smallest absolute Gasteiger partial charge is 0.277 e. The zero-order valence-electron chi connectivity index (χ0n) is 18.7. The number of amides is 2. The topological polar surface area (TPSA) is 49.9 Å². The Balaban J connectivity index is 1.37. The summed E-state index contributed by atoms with van der Waals surface area (Å²) in [6.07, 6.45) is 4.63. The van der Waals surface area contributed by atoms with Crippen LogP contribution in [0.3, 0.4) is 0 Å². The van der Waals surface area contributed by atoms with Gasteiger partial charge in [0.05, 0.1) is 18.2 Å². The SMILES string of the molecule is O=C1C(c2ccc(F)cc2)=C(N2CCC(Cc3ccccc3)CC2)C(=O)N1CC1CCCO1. The number of ether oxygens (including phenoxy) is 1. The van der Waals surface area contributed by atoms with Crippen LogP contribution in [0.15, 0.2) is 60.3 Å². The fourth-order valence-corrected chi connectivity index (χ4v) is 5.20. The third-order valence-electron chi connectivity index (χ3n) is 6.98. The molecule has 0 aliphatic carbocycles. The van der Waals surface area contributed by atoms with Crippen molar-refractivity contribution in [1.82, 2.24) is 9.80 Å². The first-order chi connectivity index (χ1) is 16.1. The van der Waals surface area contributed by atoms with Crippen LogP contribution < -0.4 is 0 Å². The summed E-state index contributed by atoms with van der Waals surface area (Å²) in [5.41, 5.74) is 2.77. The lowest BCUT2D eigenvalue weighted by Crippen LogP contribution is -2.41. The highest BCUT2D eigenvalue weighted by atomic mass is 19.1. The van der Waals surface area contributed by atoms with E-state index in [0.717, 1.165) is 45.2 Å². The van der Waals surface area contributed by atoms with Gasteiger partial charge in [-0.15, -0.1) is 0 Å². The van der Waals surface area contributed by atoms with Crippen molar-refractivity contribution in [2.24, 2.45) is 5.92 Å². The molecule has 172 valence electrons. The first-order valence-corrected chi connectivity index (χ1v) is 11.9. The van der Waals surface area contributed by atoms with Gasteiger partial charge >= 0.3 is 0 Å². The quantitative estimate of drug-likeness (QED) is 0.626. The first-order valence-electron chi connectivity index (χ1n) is 11.9. The molecule has 1 atom stereocenters. The van der Waals surface area contributed by atoms with Gasteiger partial charge in [-0.3, -0.25) is 14.5 Å². The number of hydrogen-bond acceptors (Lipinski definition) is 4. The minimum Gasteiger partial charge on any atom is -0.376 e. The van der Waals surface area contributed by atoms with E-state index >= 15 is 0 Å². The van der Waals surface area contributed by atoms with Crippen LogP contribution in [0.5, 0.6) is 0 Å². The number of carbonyl (C=O) groups excluding carboxylic acids is 2. The van der Waals surface area contributed by atoms with Gasteiger partial charge in [0.2, 0.25) is 0 Å². The molecule has 3 aliphatic rings. The van der Waals surface area contributed by atoms with Crippen molar-refractivity contribution in [3.05, 3.63) is 77.2 Å². The third kappa shape index (κ3) is 4.58. The largest absolute Gasteiger partial charge is 0.376 e. The van der Waals surface area contributed by atoms with Crippen LogP contribution in [0, 0.1) is 11.7 Å². The highest BCUT2D eigenvalue weighted by Crippen LogP contribution is 2.35. The molecule has 2 saturated heterocycles. The Morgan fingerprint density at radius 3 is 2.30 bits per heavy atom. The summed E-state index contributed by atoms with van der Waals surface area (Å²) in [4.78, 5) is 30.3. The Kier molecular flexibility index (Phi) is 6.27. The maximum absolute atomic E-state index is 13.6. The van der Waals surface area contributed by atoms with E-state index in [4.69, 9.17) is 4.74 Å². The van der Waals surface area contributed by atoms with Gasteiger partial charge in [0.25, 0.3) is 11.8 Å². The molecular formula is C27H29FN2O3. The third-order valence-corrected chi connectivity index (χ3v) is 6.98. The van der Waals surface area contributed by atoms with Crippen LogP contribution in [-0.2, 0) is 20.7 Å². The Hall–Kier alpha value is -2.99. The van der Waals surface area contributed by atoms with Gasteiger partial charge < -0.3 is 9.64 Å². The van der Waals surface area contributed by atoms with E-state index in [2.05, 4.69) is 29.2 Å². The molecule has 5 nitrogen and oxygen atoms in total. The van der Waals surface area contributed by atoms with Gasteiger partial charge in [0.1, 0.15) is 11.5 Å². The van der Waals surface area contributed by atoms with Crippen LogP contribution in [0.1, 0.15) is 36.8 Å². The second kappa shape index (κ2) is 9.48. The summed E-state index contributed by atoms with van der Waals surface area (Å²) in [6.45, 7) is 2.39. The Morgan fingerprint density at radius 2 is 1.64 bits per heavy atom. The molecule has 6 heteroatoms. The molecule has 0 radical (unpaired) electrons. The number of rotatable bonds is 6. The second-order valence-electron chi connectivity index (χ2n) is 9.21. The van der Waals surface area contributed by atoms with E-state index in [1.54, 1.807) is 12.1 Å². The molecule has 1 unspecified atom stereocenters. The Labute approximate surface area is 193 Å². The molecule has 2 fully saturated rings. The summed E-state index contributed by atoms with van der Waals surface area (Å²) in [5, 5.41) is 0. The van der Waals surface area contributed by atoms with Gasteiger partial charge in [-0.2, -0.15) is 0 Å². The molecular weight excluding hydrogens is 419 g/mol. The summed E-state index contributed by atoms with van der Waals surface area (Å²) in [7, 11) is 0. The van der Waals surface area contributed by atoms with Gasteiger partial charge in [0.15, 0.2) is 0 Å². The molecule has 3 heterocycles. The molecule has 2 aromatic carbocycles. The van der Waals surface area contributed by atoms with E-state index in [1.807, 2.05) is 6.07 Å².